The lowest BCUT2D eigenvalue weighted by Crippen LogP contribution is -1.91. The molecular formula is C19H18N4S. The molecule has 0 saturated heterocycles. The average Bonchev–Trinajstić information content (AvgIpc) is 2.92. The first-order valence-electron chi connectivity index (χ1n) is 7.55. The van der Waals surface area contributed by atoms with Gasteiger partial charge in [0.15, 0.2) is 0 Å². The van der Waals surface area contributed by atoms with Crippen LogP contribution in [0.4, 0.5) is 5.69 Å². The van der Waals surface area contributed by atoms with Crippen LogP contribution in [-0.2, 0) is 7.05 Å². The van der Waals surface area contributed by atoms with Gasteiger partial charge in [0.2, 0.25) is 5.17 Å². The highest BCUT2D eigenvalue weighted by atomic mass is 32.2. The van der Waals surface area contributed by atoms with E-state index in [9.17, 15) is 0 Å². The van der Waals surface area contributed by atoms with Gasteiger partial charge in [-0.1, -0.05) is 66.9 Å². The van der Waals surface area contributed by atoms with Gasteiger partial charge >= 0.3 is 0 Å². The molecule has 5 heteroatoms. The second-order valence-electron chi connectivity index (χ2n) is 5.13. The number of azo groups is 1. The molecule has 0 aliphatic rings. The molecule has 0 bridgehead atoms. The minimum absolute atomic E-state index is 0.581. The number of thioether (sulfide) groups is 1. The van der Waals surface area contributed by atoms with Crippen LogP contribution in [0.1, 0.15) is 0 Å². The van der Waals surface area contributed by atoms with E-state index in [1.165, 1.54) is 11.8 Å². The highest BCUT2D eigenvalue weighted by molar-refractivity contribution is 8.16. The Morgan fingerprint density at radius 1 is 1.08 bits per heavy atom. The van der Waals surface area contributed by atoms with E-state index >= 15 is 0 Å². The molecule has 0 aliphatic carbocycles. The molecule has 0 saturated carbocycles. The third-order valence-electron chi connectivity index (χ3n) is 3.74. The highest BCUT2D eigenvalue weighted by Crippen LogP contribution is 2.39. The van der Waals surface area contributed by atoms with E-state index in [2.05, 4.69) is 57.7 Å². The summed E-state index contributed by atoms with van der Waals surface area (Å²) in [5.74, 6) is 0. The Morgan fingerprint density at radius 3 is 2.50 bits per heavy atom. The number of fused-ring (bicyclic) bond motifs is 1. The summed E-state index contributed by atoms with van der Waals surface area (Å²) >= 11 is 1.36. The second-order valence-corrected chi connectivity index (χ2v) is 6.06. The SMILES string of the molecule is C=CSC(N=Nc1c(-c2ccccc2)n(C)c2ccccc12)=NC. The van der Waals surface area contributed by atoms with E-state index in [4.69, 9.17) is 0 Å². The maximum Gasteiger partial charge on any atom is 0.208 e. The summed E-state index contributed by atoms with van der Waals surface area (Å²) in [5, 5.41) is 12.2. The molecule has 3 aromatic rings. The summed E-state index contributed by atoms with van der Waals surface area (Å²) in [5.41, 5.74) is 4.12. The Hall–Kier alpha value is -2.66. The fourth-order valence-electron chi connectivity index (χ4n) is 2.69. The largest absolute Gasteiger partial charge is 0.342 e. The van der Waals surface area contributed by atoms with Gasteiger partial charge in [0.1, 0.15) is 5.69 Å². The first kappa shape index (κ1) is 16.2. The fourth-order valence-corrected chi connectivity index (χ4v) is 3.03. The maximum absolute atomic E-state index is 4.53. The molecule has 3 rings (SSSR count). The predicted octanol–water partition coefficient (Wildman–Crippen LogP) is 5.79. The van der Waals surface area contributed by atoms with Crippen LogP contribution >= 0.6 is 11.8 Å². The first-order chi connectivity index (χ1) is 11.8. The molecule has 0 fully saturated rings. The quantitative estimate of drug-likeness (QED) is 0.339. The topological polar surface area (TPSA) is 42.0 Å². The van der Waals surface area contributed by atoms with Crippen LogP contribution < -0.4 is 0 Å². The average molecular weight is 334 g/mol. The molecule has 0 amide bonds. The van der Waals surface area contributed by atoms with E-state index in [0.717, 1.165) is 27.8 Å². The van der Waals surface area contributed by atoms with Crippen molar-refractivity contribution in [3.8, 4) is 11.3 Å². The monoisotopic (exact) mass is 334 g/mol. The summed E-state index contributed by atoms with van der Waals surface area (Å²) in [6.07, 6.45) is 0. The van der Waals surface area contributed by atoms with E-state index in [0.29, 0.717) is 5.17 Å². The van der Waals surface area contributed by atoms with Crippen molar-refractivity contribution < 1.29 is 0 Å². The minimum Gasteiger partial charge on any atom is -0.342 e. The number of aryl methyl sites for hydroxylation is 1. The summed E-state index contributed by atoms with van der Waals surface area (Å²) in [7, 11) is 3.75. The molecule has 4 nitrogen and oxygen atoms in total. The summed E-state index contributed by atoms with van der Waals surface area (Å²) in [6, 6.07) is 18.4. The molecular weight excluding hydrogens is 316 g/mol. The third-order valence-corrected chi connectivity index (χ3v) is 4.38. The van der Waals surface area contributed by atoms with Gasteiger partial charge in [0.05, 0.1) is 11.2 Å². The third kappa shape index (κ3) is 3.03. The molecule has 24 heavy (non-hydrogen) atoms. The Morgan fingerprint density at radius 2 is 1.79 bits per heavy atom. The van der Waals surface area contributed by atoms with Gasteiger partial charge in [-0.15, -0.1) is 10.2 Å². The number of para-hydroxylation sites is 1. The van der Waals surface area contributed by atoms with Crippen molar-refractivity contribution in [2.75, 3.05) is 7.05 Å². The number of rotatable bonds is 3. The lowest BCUT2D eigenvalue weighted by atomic mass is 10.1. The van der Waals surface area contributed by atoms with Crippen LogP contribution in [0.15, 0.2) is 81.8 Å². The number of nitrogens with zero attached hydrogens (tertiary/aromatic N) is 4. The normalized spacial score (nSPS) is 12.2. The maximum atomic E-state index is 4.53. The highest BCUT2D eigenvalue weighted by Gasteiger charge is 2.16. The molecule has 0 N–H and O–H groups in total. The van der Waals surface area contributed by atoms with Crippen LogP contribution in [0.25, 0.3) is 22.2 Å². The van der Waals surface area contributed by atoms with Crippen LogP contribution in [0.5, 0.6) is 0 Å². The van der Waals surface area contributed by atoms with Crippen molar-refractivity contribution in [1.82, 2.24) is 4.57 Å². The van der Waals surface area contributed by atoms with Gasteiger partial charge in [-0.05, 0) is 11.5 Å². The van der Waals surface area contributed by atoms with Gasteiger partial charge < -0.3 is 4.57 Å². The molecule has 2 aromatic carbocycles. The van der Waals surface area contributed by atoms with Crippen molar-refractivity contribution in [3.05, 3.63) is 66.6 Å². The van der Waals surface area contributed by atoms with E-state index in [1.54, 1.807) is 12.5 Å². The standard InChI is InChI=1S/C19H18N4S/c1-4-24-19(20-2)22-21-17-15-12-8-9-13-16(15)23(3)18(17)14-10-6-5-7-11-14/h4-13H,1H2,2-3H3. The van der Waals surface area contributed by atoms with Gasteiger partial charge in [0, 0.05) is 25.0 Å². The van der Waals surface area contributed by atoms with Gasteiger partial charge in [-0.3, -0.25) is 4.99 Å². The van der Waals surface area contributed by atoms with Crippen LogP contribution in [0.2, 0.25) is 0 Å². The number of amidine groups is 1. The van der Waals surface area contributed by atoms with E-state index in [1.807, 2.05) is 30.3 Å². The molecule has 120 valence electrons. The van der Waals surface area contributed by atoms with Gasteiger partial charge in [-0.25, -0.2) is 0 Å². The number of hydrogen-bond donors (Lipinski definition) is 0. The summed E-state index contributed by atoms with van der Waals surface area (Å²) in [6.45, 7) is 3.70. The van der Waals surface area contributed by atoms with Crippen molar-refractivity contribution in [1.29, 1.82) is 0 Å². The van der Waals surface area contributed by atoms with Gasteiger partial charge in [-0.2, -0.15) is 0 Å². The first-order valence-corrected chi connectivity index (χ1v) is 8.43. The lowest BCUT2D eigenvalue weighted by molar-refractivity contribution is 0.976. The number of hydrogen-bond acceptors (Lipinski definition) is 3. The molecule has 0 radical (unpaired) electrons. The number of benzene rings is 2. The minimum atomic E-state index is 0.581. The Balaban J connectivity index is 2.22. The molecule has 0 atom stereocenters. The molecule has 1 heterocycles. The van der Waals surface area contributed by atoms with Crippen molar-refractivity contribution >= 4 is 33.5 Å². The Kier molecular flexibility index (Phi) is 4.91. The van der Waals surface area contributed by atoms with Crippen LogP contribution in [-0.4, -0.2) is 16.8 Å². The second kappa shape index (κ2) is 7.27. The number of aliphatic imine (C=N–C) groups is 1. The zero-order chi connectivity index (χ0) is 16.9. The molecule has 0 aliphatic heterocycles. The van der Waals surface area contributed by atoms with Crippen molar-refractivity contribution in [2.24, 2.45) is 22.3 Å². The van der Waals surface area contributed by atoms with E-state index < -0.39 is 0 Å². The molecule has 0 spiro atoms. The summed E-state index contributed by atoms with van der Waals surface area (Å²) in [4.78, 5) is 4.12. The van der Waals surface area contributed by atoms with Crippen LogP contribution in [0, 0.1) is 0 Å². The Bertz CT molecular complexity index is 923. The lowest BCUT2D eigenvalue weighted by Gasteiger charge is -2.05. The molecule has 0 unspecified atom stereocenters. The summed E-state index contributed by atoms with van der Waals surface area (Å²) < 4.78 is 2.16. The van der Waals surface area contributed by atoms with Crippen molar-refractivity contribution in [3.63, 3.8) is 0 Å². The zero-order valence-electron chi connectivity index (χ0n) is 13.7. The van der Waals surface area contributed by atoms with E-state index in [-0.39, 0.29) is 0 Å². The number of aromatic nitrogens is 1. The fraction of sp³-hybridized carbons (Fsp3) is 0.105. The van der Waals surface area contributed by atoms with Crippen molar-refractivity contribution in [2.45, 2.75) is 0 Å². The van der Waals surface area contributed by atoms with Gasteiger partial charge in [0.25, 0.3) is 0 Å². The Labute approximate surface area is 145 Å². The predicted molar refractivity (Wildman–Crippen MR) is 104 cm³/mol. The smallest absolute Gasteiger partial charge is 0.208 e. The van der Waals surface area contributed by atoms with Crippen LogP contribution in [0.3, 0.4) is 0 Å². The molecule has 1 aromatic heterocycles. The zero-order valence-corrected chi connectivity index (χ0v) is 14.5.